The van der Waals surface area contributed by atoms with E-state index in [9.17, 15) is 8.42 Å². The second kappa shape index (κ2) is 8.19. The zero-order chi connectivity index (χ0) is 10.9. The van der Waals surface area contributed by atoms with Gasteiger partial charge in [0.15, 0.2) is 0 Å². The Morgan fingerprint density at radius 1 is 1.54 bits per heavy atom. The van der Waals surface area contributed by atoms with Crippen LogP contribution in [0.5, 0.6) is 0 Å². The normalized spacial score (nSPS) is 13.6. The second-order valence-electron chi connectivity index (χ2n) is 2.78. The zero-order valence-electron chi connectivity index (χ0n) is 8.69. The van der Waals surface area contributed by atoms with Crippen LogP contribution in [0, 0.1) is 5.92 Å². The molecule has 0 radical (unpaired) electrons. The third-order valence-corrected chi connectivity index (χ3v) is 2.44. The Balaban J connectivity index is 0. The van der Waals surface area contributed by atoms with Crippen LogP contribution in [0.1, 0.15) is 27.2 Å². The van der Waals surface area contributed by atoms with Crippen molar-refractivity contribution in [3.63, 3.8) is 0 Å². The lowest BCUT2D eigenvalue weighted by Gasteiger charge is -2.02. The van der Waals surface area contributed by atoms with Gasteiger partial charge in [0.25, 0.3) is 10.1 Å². The van der Waals surface area contributed by atoms with Crippen LogP contribution in [0.4, 0.5) is 0 Å². The maximum Gasteiger partial charge on any atom is 0.265 e. The predicted molar refractivity (Wildman–Crippen MR) is 56.0 cm³/mol. The van der Waals surface area contributed by atoms with Gasteiger partial charge in [-0.25, -0.2) is 0 Å². The van der Waals surface area contributed by atoms with Crippen molar-refractivity contribution < 1.29 is 13.0 Å². The number of aliphatic imine (C=N–C) groups is 1. The quantitative estimate of drug-likeness (QED) is 0.567. The molecule has 0 aliphatic heterocycles. The summed E-state index contributed by atoms with van der Waals surface area (Å²) in [5.41, 5.74) is 0. The Kier molecular flexibility index (Phi) is 9.50. The van der Waals surface area contributed by atoms with E-state index in [1.165, 1.54) is 0 Å². The molecule has 1 unspecified atom stereocenters. The molecule has 0 fully saturated rings. The van der Waals surface area contributed by atoms with Crippen LogP contribution in [0.25, 0.3) is 0 Å². The highest BCUT2D eigenvalue weighted by atomic mass is 32.2. The number of hydrogen-bond acceptors (Lipinski definition) is 3. The van der Waals surface area contributed by atoms with Gasteiger partial charge in [-0.1, -0.05) is 20.3 Å². The number of nitrogens with zero attached hydrogens (tertiary/aromatic N) is 1. The van der Waals surface area contributed by atoms with Gasteiger partial charge in [0.2, 0.25) is 0 Å². The summed E-state index contributed by atoms with van der Waals surface area (Å²) in [6.45, 7) is 5.56. The minimum atomic E-state index is -3.74. The van der Waals surface area contributed by atoms with Gasteiger partial charge in [-0.05, 0) is 19.1 Å². The fraction of sp³-hybridized carbons (Fsp3) is 0.875. The van der Waals surface area contributed by atoms with Crippen molar-refractivity contribution >= 4 is 16.3 Å². The summed E-state index contributed by atoms with van der Waals surface area (Å²) in [6, 6.07) is 0. The SMILES string of the molecule is CC=NC.CCC(C)CS(=O)(=O)O. The smallest absolute Gasteiger partial charge is 0.265 e. The molecule has 0 heterocycles. The predicted octanol–water partition coefficient (Wildman–Crippen LogP) is 1.63. The Morgan fingerprint density at radius 2 is 1.92 bits per heavy atom. The molecule has 80 valence electrons. The van der Waals surface area contributed by atoms with Gasteiger partial charge in [-0.2, -0.15) is 8.42 Å². The summed E-state index contributed by atoms with van der Waals surface area (Å²) >= 11 is 0. The topological polar surface area (TPSA) is 66.7 Å². The summed E-state index contributed by atoms with van der Waals surface area (Å²) in [6.07, 6.45) is 2.53. The fourth-order valence-electron chi connectivity index (χ4n) is 0.477. The highest BCUT2D eigenvalue weighted by Crippen LogP contribution is 2.02. The van der Waals surface area contributed by atoms with Gasteiger partial charge in [0, 0.05) is 7.05 Å². The third-order valence-electron chi connectivity index (χ3n) is 1.45. The van der Waals surface area contributed by atoms with Crippen LogP contribution < -0.4 is 0 Å². The van der Waals surface area contributed by atoms with Gasteiger partial charge in [-0.3, -0.25) is 4.55 Å². The minimum Gasteiger partial charge on any atom is -0.301 e. The molecule has 0 aromatic rings. The van der Waals surface area contributed by atoms with Crippen LogP contribution >= 0.6 is 0 Å². The van der Waals surface area contributed by atoms with Crippen molar-refractivity contribution in [3.05, 3.63) is 0 Å². The molecule has 1 atom stereocenters. The van der Waals surface area contributed by atoms with Crippen molar-refractivity contribution in [2.45, 2.75) is 27.2 Å². The van der Waals surface area contributed by atoms with Gasteiger partial charge in [0.05, 0.1) is 5.75 Å². The Bertz CT molecular complexity index is 218. The standard InChI is InChI=1S/C5H12O3S.C3H7N/c1-3-5(2)4-9(6,7)8;1-3-4-2/h5H,3-4H2,1-2H3,(H,6,7,8);3H,1-2H3. The van der Waals surface area contributed by atoms with Crippen LogP contribution in [-0.4, -0.2) is 32.0 Å². The number of hydrogen-bond donors (Lipinski definition) is 1. The molecule has 0 saturated carbocycles. The minimum absolute atomic E-state index is 0.0556. The first kappa shape index (κ1) is 15.1. The van der Waals surface area contributed by atoms with Crippen molar-refractivity contribution in [2.75, 3.05) is 12.8 Å². The van der Waals surface area contributed by atoms with E-state index in [0.29, 0.717) is 0 Å². The van der Waals surface area contributed by atoms with Crippen LogP contribution in [0.3, 0.4) is 0 Å². The summed E-state index contributed by atoms with van der Waals surface area (Å²) in [7, 11) is -1.99. The maximum atomic E-state index is 10.2. The molecule has 5 heteroatoms. The monoisotopic (exact) mass is 209 g/mol. The van der Waals surface area contributed by atoms with Crippen LogP contribution in [0.15, 0.2) is 4.99 Å². The summed E-state index contributed by atoms with van der Waals surface area (Å²) in [5.74, 6) is -0.0660. The second-order valence-corrected chi connectivity index (χ2v) is 4.28. The molecule has 0 saturated heterocycles. The lowest BCUT2D eigenvalue weighted by atomic mass is 10.2. The first-order chi connectivity index (χ1) is 5.87. The highest BCUT2D eigenvalue weighted by molar-refractivity contribution is 7.85. The van der Waals surface area contributed by atoms with Gasteiger partial charge in [0.1, 0.15) is 0 Å². The Labute approximate surface area is 80.8 Å². The molecule has 0 bridgehead atoms. The first-order valence-corrected chi connectivity index (χ1v) is 5.80. The van der Waals surface area contributed by atoms with E-state index in [2.05, 4.69) is 4.99 Å². The largest absolute Gasteiger partial charge is 0.301 e. The van der Waals surface area contributed by atoms with E-state index in [-0.39, 0.29) is 11.7 Å². The third kappa shape index (κ3) is 18.5. The van der Waals surface area contributed by atoms with Gasteiger partial charge in [-0.15, -0.1) is 0 Å². The highest BCUT2D eigenvalue weighted by Gasteiger charge is 2.09. The fourth-order valence-corrected chi connectivity index (χ4v) is 1.43. The molecular weight excluding hydrogens is 190 g/mol. The van der Waals surface area contributed by atoms with E-state index in [1.807, 2.05) is 13.8 Å². The lowest BCUT2D eigenvalue weighted by molar-refractivity contribution is 0.467. The molecular formula is C8H19NO3S. The summed E-state index contributed by atoms with van der Waals surface area (Å²) < 4.78 is 28.6. The van der Waals surface area contributed by atoms with Gasteiger partial charge >= 0.3 is 0 Å². The average molecular weight is 209 g/mol. The summed E-state index contributed by atoms with van der Waals surface area (Å²) in [5, 5.41) is 0. The zero-order valence-corrected chi connectivity index (χ0v) is 9.50. The molecule has 0 aliphatic carbocycles. The molecule has 0 rings (SSSR count). The van der Waals surface area contributed by atoms with Crippen molar-refractivity contribution in [3.8, 4) is 0 Å². The first-order valence-electron chi connectivity index (χ1n) is 4.19. The van der Waals surface area contributed by atoms with E-state index < -0.39 is 10.1 Å². The molecule has 4 nitrogen and oxygen atoms in total. The molecule has 0 aliphatic rings. The van der Waals surface area contributed by atoms with Crippen molar-refractivity contribution in [1.29, 1.82) is 0 Å². The molecule has 0 amide bonds. The van der Waals surface area contributed by atoms with E-state index in [4.69, 9.17) is 4.55 Å². The van der Waals surface area contributed by atoms with Crippen molar-refractivity contribution in [1.82, 2.24) is 0 Å². The molecule has 1 N–H and O–H groups in total. The van der Waals surface area contributed by atoms with E-state index in [1.54, 1.807) is 20.2 Å². The van der Waals surface area contributed by atoms with Gasteiger partial charge < -0.3 is 4.99 Å². The average Bonchev–Trinajstić information content (AvgIpc) is 2.02. The summed E-state index contributed by atoms with van der Waals surface area (Å²) in [4.78, 5) is 3.61. The van der Waals surface area contributed by atoms with Crippen LogP contribution in [0.2, 0.25) is 0 Å². The molecule has 0 spiro atoms. The van der Waals surface area contributed by atoms with E-state index in [0.717, 1.165) is 6.42 Å². The maximum absolute atomic E-state index is 10.2. The lowest BCUT2D eigenvalue weighted by Crippen LogP contribution is -2.11. The Morgan fingerprint density at radius 3 is 2.00 bits per heavy atom. The Hall–Kier alpha value is -0.420. The number of rotatable bonds is 3. The van der Waals surface area contributed by atoms with Crippen molar-refractivity contribution in [2.24, 2.45) is 10.9 Å². The van der Waals surface area contributed by atoms with Crippen LogP contribution in [-0.2, 0) is 10.1 Å². The molecule has 0 aromatic carbocycles. The molecule has 0 aromatic heterocycles. The molecule has 13 heavy (non-hydrogen) atoms. The van der Waals surface area contributed by atoms with E-state index >= 15 is 0 Å².